The molecule has 1 saturated heterocycles. The van der Waals surface area contributed by atoms with Crippen LogP contribution in [0.4, 0.5) is 24.7 Å². The van der Waals surface area contributed by atoms with Crippen LogP contribution in [-0.2, 0) is 13.0 Å². The molecular weight excluding hydrogens is 507 g/mol. The lowest BCUT2D eigenvalue weighted by atomic mass is 9.83. The molecule has 1 aliphatic rings. The van der Waals surface area contributed by atoms with Crippen LogP contribution < -0.4 is 14.4 Å². The van der Waals surface area contributed by atoms with Crippen LogP contribution in [-0.4, -0.2) is 61.1 Å². The van der Waals surface area contributed by atoms with E-state index in [-0.39, 0.29) is 16.3 Å². The molecule has 6 nitrogen and oxygen atoms in total. The summed E-state index contributed by atoms with van der Waals surface area (Å²) < 4.78 is 47.6. The number of nitrogens with one attached hydrogen (secondary N) is 1. The van der Waals surface area contributed by atoms with Gasteiger partial charge in [-0.3, -0.25) is 0 Å². The van der Waals surface area contributed by atoms with E-state index in [1.165, 1.54) is 12.7 Å². The van der Waals surface area contributed by atoms with Gasteiger partial charge in [0.2, 0.25) is 0 Å². The SMILES string of the molecule is CCC1(CN(C)Cc2ccc(NSC)cc2)CCN(c2nc(OC)nc3sc(CC(F)(F)F)cc23)C1. The molecule has 0 bridgehead atoms. The standard InChI is InChI=1S/C25H32F3N5OS2/c1-5-24(15-32(2)14-17-6-8-18(9-7-17)31-35-4)10-11-33(16-24)21-20-12-19(13-25(26,27)28)36-22(20)30-23(29-21)34-3/h6-9,12,31H,5,10-11,13-16H2,1-4H3. The Labute approximate surface area is 218 Å². The van der Waals surface area contributed by atoms with Gasteiger partial charge >= 0.3 is 12.2 Å². The van der Waals surface area contributed by atoms with E-state index in [4.69, 9.17) is 4.74 Å². The van der Waals surface area contributed by atoms with Gasteiger partial charge in [0.05, 0.1) is 18.9 Å². The smallest absolute Gasteiger partial charge is 0.393 e. The Balaban J connectivity index is 1.51. The Bertz CT molecular complexity index is 1170. The van der Waals surface area contributed by atoms with E-state index in [9.17, 15) is 13.2 Å². The summed E-state index contributed by atoms with van der Waals surface area (Å²) in [5.74, 6) is 0.663. The van der Waals surface area contributed by atoms with Crippen molar-refractivity contribution in [3.63, 3.8) is 0 Å². The number of halogens is 3. The average molecular weight is 540 g/mol. The topological polar surface area (TPSA) is 53.5 Å². The van der Waals surface area contributed by atoms with Crippen LogP contribution in [0.3, 0.4) is 0 Å². The monoisotopic (exact) mass is 539 g/mol. The van der Waals surface area contributed by atoms with Gasteiger partial charge in [0.25, 0.3) is 0 Å². The first-order valence-electron chi connectivity index (χ1n) is 11.9. The first-order chi connectivity index (χ1) is 17.1. The highest BCUT2D eigenvalue weighted by Gasteiger charge is 2.39. The van der Waals surface area contributed by atoms with Gasteiger partial charge in [-0.25, -0.2) is 0 Å². The maximum atomic E-state index is 13.0. The third-order valence-corrected chi connectivity index (χ3v) is 8.15. The van der Waals surface area contributed by atoms with Gasteiger partial charge in [0, 0.05) is 48.4 Å². The van der Waals surface area contributed by atoms with Gasteiger partial charge in [-0.05, 0) is 43.7 Å². The summed E-state index contributed by atoms with van der Waals surface area (Å²) >= 11 is 2.63. The fourth-order valence-corrected chi connectivity index (χ4v) is 6.35. The second-order valence-electron chi connectivity index (χ2n) is 9.46. The molecule has 11 heteroatoms. The molecule has 36 heavy (non-hydrogen) atoms. The molecule has 1 atom stereocenters. The van der Waals surface area contributed by atoms with Crippen molar-refractivity contribution in [2.45, 2.75) is 38.9 Å². The van der Waals surface area contributed by atoms with Crippen LogP contribution in [0.25, 0.3) is 10.2 Å². The predicted molar refractivity (Wildman–Crippen MR) is 143 cm³/mol. The highest BCUT2D eigenvalue weighted by atomic mass is 32.2. The van der Waals surface area contributed by atoms with E-state index in [2.05, 4.69) is 62.7 Å². The van der Waals surface area contributed by atoms with E-state index < -0.39 is 12.6 Å². The lowest BCUT2D eigenvalue weighted by Gasteiger charge is -2.33. The minimum Gasteiger partial charge on any atom is -0.467 e. The second-order valence-corrected chi connectivity index (χ2v) is 11.2. The van der Waals surface area contributed by atoms with Gasteiger partial charge in [0.15, 0.2) is 0 Å². The van der Waals surface area contributed by atoms with Crippen molar-refractivity contribution < 1.29 is 17.9 Å². The highest BCUT2D eigenvalue weighted by molar-refractivity contribution is 7.99. The van der Waals surface area contributed by atoms with E-state index in [0.29, 0.717) is 16.0 Å². The van der Waals surface area contributed by atoms with Crippen LogP contribution in [0.1, 0.15) is 30.2 Å². The fraction of sp³-hybridized carbons (Fsp3) is 0.520. The van der Waals surface area contributed by atoms with E-state index in [1.807, 2.05) is 6.26 Å². The highest BCUT2D eigenvalue weighted by Crippen LogP contribution is 2.41. The van der Waals surface area contributed by atoms with Crippen molar-refractivity contribution in [2.24, 2.45) is 5.41 Å². The lowest BCUT2D eigenvalue weighted by Crippen LogP contribution is -2.37. The number of thiophene rings is 1. The Hall–Kier alpha value is -2.24. The van der Waals surface area contributed by atoms with Crippen LogP contribution in [0.15, 0.2) is 30.3 Å². The Morgan fingerprint density at radius 2 is 2.00 bits per heavy atom. The largest absolute Gasteiger partial charge is 0.467 e. The van der Waals surface area contributed by atoms with Crippen LogP contribution >= 0.6 is 23.3 Å². The summed E-state index contributed by atoms with van der Waals surface area (Å²) in [7, 11) is 3.62. The minimum atomic E-state index is -4.26. The third-order valence-electron chi connectivity index (χ3n) is 6.68. The van der Waals surface area contributed by atoms with Crippen molar-refractivity contribution in [1.29, 1.82) is 0 Å². The normalized spacial score (nSPS) is 18.4. The molecule has 3 aromatic rings. The molecule has 0 radical (unpaired) electrons. The Kier molecular flexibility index (Phi) is 8.21. The molecule has 0 amide bonds. The average Bonchev–Trinajstić information content (AvgIpc) is 3.42. The Morgan fingerprint density at radius 1 is 1.25 bits per heavy atom. The number of hydrogen-bond donors (Lipinski definition) is 1. The van der Waals surface area contributed by atoms with Crippen molar-refractivity contribution in [2.75, 3.05) is 49.7 Å². The maximum Gasteiger partial charge on any atom is 0.393 e. The summed E-state index contributed by atoms with van der Waals surface area (Å²) in [5.41, 5.74) is 2.40. The van der Waals surface area contributed by atoms with Crippen molar-refractivity contribution >= 4 is 45.0 Å². The zero-order chi connectivity index (χ0) is 25.9. The van der Waals surface area contributed by atoms with Crippen molar-refractivity contribution in [3.05, 3.63) is 40.8 Å². The lowest BCUT2D eigenvalue weighted by molar-refractivity contribution is -0.126. The molecule has 2 aromatic heterocycles. The zero-order valence-electron chi connectivity index (χ0n) is 21.0. The molecule has 0 spiro atoms. The van der Waals surface area contributed by atoms with Crippen molar-refractivity contribution in [3.8, 4) is 6.01 Å². The number of anilines is 2. The third kappa shape index (κ3) is 6.36. The molecular formula is C25H32F3N5OS2. The molecule has 0 saturated carbocycles. The van der Waals surface area contributed by atoms with Crippen LogP contribution in [0.2, 0.25) is 0 Å². The van der Waals surface area contributed by atoms with E-state index in [1.54, 1.807) is 18.0 Å². The summed E-state index contributed by atoms with van der Waals surface area (Å²) in [5, 5.41) is 0.666. The number of methoxy groups -OCH3 is 1. The molecule has 0 aliphatic carbocycles. The number of aromatic nitrogens is 2. The van der Waals surface area contributed by atoms with Crippen molar-refractivity contribution in [1.82, 2.24) is 14.9 Å². The molecule has 4 rings (SSSR count). The number of nitrogens with zero attached hydrogens (tertiary/aromatic N) is 4. The number of benzene rings is 1. The second kappa shape index (κ2) is 11.0. The molecule has 1 aromatic carbocycles. The molecule has 1 N–H and O–H groups in total. The number of alkyl halides is 3. The van der Waals surface area contributed by atoms with Gasteiger partial charge in [-0.1, -0.05) is 31.0 Å². The zero-order valence-corrected chi connectivity index (χ0v) is 22.6. The maximum absolute atomic E-state index is 13.0. The first kappa shape index (κ1) is 26.8. The molecule has 1 fully saturated rings. The predicted octanol–water partition coefficient (Wildman–Crippen LogP) is 6.23. The van der Waals surface area contributed by atoms with Gasteiger partial charge in [0.1, 0.15) is 10.6 Å². The molecule has 3 heterocycles. The quantitative estimate of drug-likeness (QED) is 0.307. The van der Waals surface area contributed by atoms with Gasteiger partial charge < -0.3 is 19.3 Å². The number of rotatable bonds is 10. The summed E-state index contributed by atoms with van der Waals surface area (Å²) in [6.07, 6.45) is -1.25. The van der Waals surface area contributed by atoms with Crippen LogP contribution in [0.5, 0.6) is 6.01 Å². The number of ether oxygens (including phenoxy) is 1. The molecule has 196 valence electrons. The molecule has 1 unspecified atom stereocenters. The van der Waals surface area contributed by atoms with E-state index >= 15 is 0 Å². The van der Waals surface area contributed by atoms with Gasteiger partial charge in [-0.15, -0.1) is 11.3 Å². The number of fused-ring (bicyclic) bond motifs is 1. The van der Waals surface area contributed by atoms with Gasteiger partial charge in [-0.2, -0.15) is 23.1 Å². The summed E-state index contributed by atoms with van der Waals surface area (Å²) in [4.78, 5) is 14.2. The number of hydrogen-bond acceptors (Lipinski definition) is 8. The first-order valence-corrected chi connectivity index (χ1v) is 13.9. The van der Waals surface area contributed by atoms with Crippen LogP contribution in [0, 0.1) is 5.41 Å². The fourth-order valence-electron chi connectivity index (χ4n) is 4.94. The summed E-state index contributed by atoms with van der Waals surface area (Å²) in [6.45, 7) is 5.54. The minimum absolute atomic E-state index is 0.0599. The summed E-state index contributed by atoms with van der Waals surface area (Å²) in [6, 6.07) is 10.3. The van der Waals surface area contributed by atoms with E-state index in [0.717, 1.165) is 56.0 Å². The molecule has 1 aliphatic heterocycles. The Morgan fingerprint density at radius 3 is 2.64 bits per heavy atom.